The van der Waals surface area contributed by atoms with E-state index in [0.29, 0.717) is 24.5 Å². The van der Waals surface area contributed by atoms with Crippen molar-refractivity contribution >= 4 is 17.4 Å². The van der Waals surface area contributed by atoms with E-state index in [-0.39, 0.29) is 23.9 Å². The molecule has 9 nitrogen and oxygen atoms in total. The summed E-state index contributed by atoms with van der Waals surface area (Å²) in [6.45, 7) is 5.57. The topological polar surface area (TPSA) is 116 Å². The number of aromatic amines is 2. The molecule has 3 N–H and O–H groups in total. The minimum absolute atomic E-state index is 0.0291. The Morgan fingerprint density at radius 3 is 2.84 bits per heavy atom. The summed E-state index contributed by atoms with van der Waals surface area (Å²) in [5, 5.41) is 9.61. The molecule has 1 saturated heterocycles. The van der Waals surface area contributed by atoms with Gasteiger partial charge in [0.25, 0.3) is 11.5 Å². The van der Waals surface area contributed by atoms with Crippen LogP contribution < -0.4 is 16.6 Å². The summed E-state index contributed by atoms with van der Waals surface area (Å²) >= 11 is 0. The van der Waals surface area contributed by atoms with Gasteiger partial charge in [-0.05, 0) is 55.4 Å². The molecule has 1 fully saturated rings. The number of hydrogen-bond acceptors (Lipinski definition) is 5. The Bertz CT molecular complexity index is 1180. The first-order chi connectivity index (χ1) is 15.4. The van der Waals surface area contributed by atoms with Crippen LogP contribution in [-0.2, 0) is 13.0 Å². The van der Waals surface area contributed by atoms with Crippen molar-refractivity contribution in [2.45, 2.75) is 39.7 Å². The third-order valence-electron chi connectivity index (χ3n) is 6.02. The van der Waals surface area contributed by atoms with Gasteiger partial charge in [0.05, 0.1) is 11.8 Å². The number of carbonyl (C=O) groups excluding carboxylic acids is 1. The van der Waals surface area contributed by atoms with Crippen LogP contribution >= 0.6 is 0 Å². The number of amides is 1. The quantitative estimate of drug-likeness (QED) is 0.549. The zero-order valence-electron chi connectivity index (χ0n) is 18.4. The fraction of sp³-hybridized carbons (Fsp3) is 0.391. The van der Waals surface area contributed by atoms with Crippen LogP contribution in [0.2, 0.25) is 0 Å². The molecule has 168 valence electrons. The predicted octanol–water partition coefficient (Wildman–Crippen LogP) is 2.43. The number of anilines is 2. The van der Waals surface area contributed by atoms with E-state index in [1.54, 1.807) is 11.1 Å². The van der Waals surface area contributed by atoms with Crippen LogP contribution in [0.3, 0.4) is 0 Å². The Hall–Kier alpha value is -3.62. The van der Waals surface area contributed by atoms with Gasteiger partial charge in [-0.25, -0.2) is 4.79 Å². The summed E-state index contributed by atoms with van der Waals surface area (Å²) in [4.78, 5) is 42.5. The number of piperidine rings is 1. The highest BCUT2D eigenvalue weighted by atomic mass is 16.2. The molecule has 1 aliphatic rings. The Morgan fingerprint density at radius 2 is 2.12 bits per heavy atom. The van der Waals surface area contributed by atoms with Crippen LogP contribution in [-0.4, -0.2) is 43.6 Å². The van der Waals surface area contributed by atoms with E-state index < -0.39 is 5.69 Å². The number of nitrogens with one attached hydrogen (secondary N) is 3. The molecule has 1 aromatic carbocycles. The maximum absolute atomic E-state index is 12.7. The van der Waals surface area contributed by atoms with Crippen LogP contribution in [0.25, 0.3) is 0 Å². The average molecular weight is 437 g/mol. The second-order valence-corrected chi connectivity index (χ2v) is 8.30. The average Bonchev–Trinajstić information content (AvgIpc) is 3.32. The van der Waals surface area contributed by atoms with Gasteiger partial charge in [-0.2, -0.15) is 5.10 Å². The Labute approximate surface area is 185 Å². The standard InChI is InChI=1S/C23H28N6O3/c1-3-17-9-19(7-6-15(17)2)26-20-10-21(30)29(23(32)27-20)14-16-5-4-8-28(13-16)22(31)18-11-24-25-12-18/h6-7,9-12,16,26H,3-5,8,13-14H2,1-2H3,(H,24,25)(H,27,32). The van der Waals surface area contributed by atoms with Crippen molar-refractivity contribution in [3.05, 3.63) is 74.2 Å². The number of carbonyl (C=O) groups is 1. The van der Waals surface area contributed by atoms with Gasteiger partial charge in [0, 0.05) is 37.6 Å². The predicted molar refractivity (Wildman–Crippen MR) is 122 cm³/mol. The molecule has 0 saturated carbocycles. The number of likely N-dealkylation sites (tertiary alicyclic amines) is 1. The highest BCUT2D eigenvalue weighted by molar-refractivity contribution is 5.93. The molecule has 4 rings (SSSR count). The minimum atomic E-state index is -0.457. The summed E-state index contributed by atoms with van der Waals surface area (Å²) < 4.78 is 1.22. The second kappa shape index (κ2) is 9.25. The highest BCUT2D eigenvalue weighted by Gasteiger charge is 2.26. The lowest BCUT2D eigenvalue weighted by molar-refractivity contribution is 0.0661. The van der Waals surface area contributed by atoms with Crippen molar-refractivity contribution < 1.29 is 4.79 Å². The lowest BCUT2D eigenvalue weighted by atomic mass is 9.97. The fourth-order valence-corrected chi connectivity index (χ4v) is 4.25. The molecule has 3 heterocycles. The lowest BCUT2D eigenvalue weighted by Crippen LogP contribution is -2.44. The second-order valence-electron chi connectivity index (χ2n) is 8.30. The molecule has 1 amide bonds. The SMILES string of the molecule is CCc1cc(Nc2cc(=O)n(CC3CCCN(C(=O)c4cn[nH]c4)C3)c(=O)[nH]2)ccc1C. The summed E-state index contributed by atoms with van der Waals surface area (Å²) in [5.41, 5.74) is 2.92. The Balaban J connectivity index is 1.47. The molecule has 3 aromatic rings. The van der Waals surface area contributed by atoms with E-state index in [4.69, 9.17) is 0 Å². The summed E-state index contributed by atoms with van der Waals surface area (Å²) in [6, 6.07) is 7.36. The molecule has 2 aromatic heterocycles. The van der Waals surface area contributed by atoms with Crippen LogP contribution in [0.4, 0.5) is 11.5 Å². The number of rotatable bonds is 6. The number of H-pyrrole nitrogens is 2. The van der Waals surface area contributed by atoms with Crippen LogP contribution in [0.15, 0.2) is 46.2 Å². The third-order valence-corrected chi connectivity index (χ3v) is 6.02. The highest BCUT2D eigenvalue weighted by Crippen LogP contribution is 2.20. The van der Waals surface area contributed by atoms with Crippen molar-refractivity contribution in [3.8, 4) is 0 Å². The van der Waals surface area contributed by atoms with E-state index in [2.05, 4.69) is 34.3 Å². The molecule has 0 spiro atoms. The van der Waals surface area contributed by atoms with E-state index in [1.165, 1.54) is 28.0 Å². The lowest BCUT2D eigenvalue weighted by Gasteiger charge is -2.32. The largest absolute Gasteiger partial charge is 0.342 e. The van der Waals surface area contributed by atoms with Gasteiger partial charge in [-0.1, -0.05) is 13.0 Å². The molecule has 9 heteroatoms. The first-order valence-corrected chi connectivity index (χ1v) is 10.9. The smallest absolute Gasteiger partial charge is 0.329 e. The summed E-state index contributed by atoms with van der Waals surface area (Å²) in [7, 11) is 0. The van der Waals surface area contributed by atoms with Gasteiger partial charge in [0.15, 0.2) is 0 Å². The molecule has 1 unspecified atom stereocenters. The zero-order chi connectivity index (χ0) is 22.7. The third kappa shape index (κ3) is 4.66. The normalized spacial score (nSPS) is 16.2. The molecule has 0 aliphatic carbocycles. The number of hydrogen-bond donors (Lipinski definition) is 3. The van der Waals surface area contributed by atoms with Crippen LogP contribution in [0, 0.1) is 12.8 Å². The van der Waals surface area contributed by atoms with Crippen molar-refractivity contribution in [3.63, 3.8) is 0 Å². The van der Waals surface area contributed by atoms with Crippen LogP contribution in [0.1, 0.15) is 41.3 Å². The van der Waals surface area contributed by atoms with Crippen molar-refractivity contribution in [2.24, 2.45) is 5.92 Å². The summed E-state index contributed by atoms with van der Waals surface area (Å²) in [6.07, 6.45) is 5.66. The number of aryl methyl sites for hydroxylation is 2. The van der Waals surface area contributed by atoms with Gasteiger partial charge in [0.2, 0.25) is 0 Å². The van der Waals surface area contributed by atoms with E-state index in [9.17, 15) is 14.4 Å². The number of nitrogens with zero attached hydrogens (tertiary/aromatic N) is 3. The van der Waals surface area contributed by atoms with Gasteiger partial charge in [0.1, 0.15) is 5.82 Å². The maximum atomic E-state index is 12.7. The first-order valence-electron chi connectivity index (χ1n) is 10.9. The van der Waals surface area contributed by atoms with E-state index in [1.807, 2.05) is 18.2 Å². The number of benzene rings is 1. The summed E-state index contributed by atoms with van der Waals surface area (Å²) in [5.74, 6) is 0.304. The van der Waals surface area contributed by atoms with E-state index >= 15 is 0 Å². The number of aromatic nitrogens is 4. The van der Waals surface area contributed by atoms with Gasteiger partial charge in [-0.3, -0.25) is 24.2 Å². The Morgan fingerprint density at radius 1 is 1.28 bits per heavy atom. The first kappa shape index (κ1) is 21.6. The monoisotopic (exact) mass is 436 g/mol. The molecule has 32 heavy (non-hydrogen) atoms. The maximum Gasteiger partial charge on any atom is 0.329 e. The van der Waals surface area contributed by atoms with Gasteiger partial charge < -0.3 is 10.2 Å². The zero-order valence-corrected chi connectivity index (χ0v) is 18.4. The van der Waals surface area contributed by atoms with Crippen LogP contribution in [0.5, 0.6) is 0 Å². The van der Waals surface area contributed by atoms with Gasteiger partial charge >= 0.3 is 5.69 Å². The van der Waals surface area contributed by atoms with Gasteiger partial charge in [-0.15, -0.1) is 0 Å². The molecule has 1 atom stereocenters. The molecule has 1 aliphatic heterocycles. The van der Waals surface area contributed by atoms with E-state index in [0.717, 1.165) is 24.9 Å². The van der Waals surface area contributed by atoms with Crippen molar-refractivity contribution in [2.75, 3.05) is 18.4 Å². The van der Waals surface area contributed by atoms with Crippen molar-refractivity contribution in [1.82, 2.24) is 24.6 Å². The van der Waals surface area contributed by atoms with Crippen molar-refractivity contribution in [1.29, 1.82) is 0 Å². The molecular formula is C23H28N6O3. The molecule has 0 bridgehead atoms. The molecule has 0 radical (unpaired) electrons. The minimum Gasteiger partial charge on any atom is -0.342 e. The fourth-order valence-electron chi connectivity index (χ4n) is 4.25. The Kier molecular flexibility index (Phi) is 6.25. The molecular weight excluding hydrogens is 408 g/mol.